The zero-order valence-electron chi connectivity index (χ0n) is 15.1. The number of benzene rings is 1. The predicted molar refractivity (Wildman–Crippen MR) is 94.7 cm³/mol. The zero-order valence-corrected chi connectivity index (χ0v) is 15.1. The van der Waals surface area contributed by atoms with Crippen LogP contribution in [0.5, 0.6) is 0 Å². The highest BCUT2D eigenvalue weighted by molar-refractivity contribution is 5.59. The van der Waals surface area contributed by atoms with Crippen molar-refractivity contribution in [3.8, 4) is 0 Å². The first-order valence-corrected chi connectivity index (χ1v) is 8.79. The molecule has 1 aliphatic heterocycles. The van der Waals surface area contributed by atoms with Crippen molar-refractivity contribution in [1.82, 2.24) is 5.16 Å². The fourth-order valence-corrected chi connectivity index (χ4v) is 4.79. The number of aryl methyl sites for hydroxylation is 2. The average molecular weight is 326 g/mol. The first-order valence-electron chi connectivity index (χ1n) is 8.79. The van der Waals surface area contributed by atoms with E-state index in [0.29, 0.717) is 0 Å². The van der Waals surface area contributed by atoms with Crippen LogP contribution in [0.3, 0.4) is 0 Å². The number of hydrogen-bond donors (Lipinski definition) is 0. The number of morpholine rings is 1. The standard InChI is InChI=1S/C20H26N2O2/c1-14-6-5-7-15(2)17(14)22-8-9-23-20(13-22)10-16-11-21-24-18(16)19(3,4)12-20/h5-7,11H,8-10,12-13H2,1-4H3. The Bertz CT molecular complexity index is 744. The van der Waals surface area contributed by atoms with E-state index in [1.807, 2.05) is 6.20 Å². The summed E-state index contributed by atoms with van der Waals surface area (Å²) in [6.07, 6.45) is 3.72. The van der Waals surface area contributed by atoms with Crippen molar-refractivity contribution in [2.75, 3.05) is 24.6 Å². The number of para-hydroxylation sites is 1. The molecule has 1 unspecified atom stereocenters. The van der Waals surface area contributed by atoms with Gasteiger partial charge in [-0.05, 0) is 31.4 Å². The van der Waals surface area contributed by atoms with Crippen molar-refractivity contribution in [3.63, 3.8) is 0 Å². The van der Waals surface area contributed by atoms with E-state index in [1.165, 1.54) is 22.4 Å². The van der Waals surface area contributed by atoms with Gasteiger partial charge in [-0.1, -0.05) is 37.2 Å². The Morgan fingerprint density at radius 3 is 2.67 bits per heavy atom. The van der Waals surface area contributed by atoms with Gasteiger partial charge in [-0.15, -0.1) is 0 Å². The lowest BCUT2D eigenvalue weighted by Gasteiger charge is -2.49. The molecule has 2 aromatic rings. The average Bonchev–Trinajstić information content (AvgIpc) is 2.95. The third-order valence-electron chi connectivity index (χ3n) is 5.54. The van der Waals surface area contributed by atoms with Gasteiger partial charge in [-0.2, -0.15) is 0 Å². The van der Waals surface area contributed by atoms with Gasteiger partial charge in [-0.25, -0.2) is 0 Å². The molecular weight excluding hydrogens is 300 g/mol. The maximum absolute atomic E-state index is 6.39. The van der Waals surface area contributed by atoms with Gasteiger partial charge >= 0.3 is 0 Å². The van der Waals surface area contributed by atoms with Crippen LogP contribution in [0, 0.1) is 13.8 Å². The Morgan fingerprint density at radius 2 is 1.92 bits per heavy atom. The van der Waals surface area contributed by atoms with Crippen LogP contribution in [0.2, 0.25) is 0 Å². The Hall–Kier alpha value is -1.81. The largest absolute Gasteiger partial charge is 0.371 e. The summed E-state index contributed by atoms with van der Waals surface area (Å²) in [4.78, 5) is 2.52. The number of anilines is 1. The summed E-state index contributed by atoms with van der Waals surface area (Å²) >= 11 is 0. The molecule has 0 amide bonds. The Morgan fingerprint density at radius 1 is 1.17 bits per heavy atom. The van der Waals surface area contributed by atoms with Crippen LogP contribution < -0.4 is 4.90 Å². The molecule has 4 rings (SSSR count). The van der Waals surface area contributed by atoms with E-state index in [4.69, 9.17) is 9.26 Å². The van der Waals surface area contributed by atoms with Gasteiger partial charge in [-0.3, -0.25) is 0 Å². The molecule has 2 heterocycles. The van der Waals surface area contributed by atoms with Gasteiger partial charge < -0.3 is 14.2 Å². The molecule has 24 heavy (non-hydrogen) atoms. The highest BCUT2D eigenvalue weighted by Crippen LogP contribution is 2.45. The van der Waals surface area contributed by atoms with E-state index in [9.17, 15) is 0 Å². The van der Waals surface area contributed by atoms with Gasteiger partial charge in [0.15, 0.2) is 0 Å². The van der Waals surface area contributed by atoms with Gasteiger partial charge in [0, 0.05) is 36.2 Å². The Balaban J connectivity index is 1.69. The fraction of sp³-hybridized carbons (Fsp3) is 0.550. The van der Waals surface area contributed by atoms with Crippen LogP contribution in [0.4, 0.5) is 5.69 Å². The van der Waals surface area contributed by atoms with Crippen LogP contribution >= 0.6 is 0 Å². The van der Waals surface area contributed by atoms with E-state index in [2.05, 4.69) is 56.0 Å². The number of aromatic nitrogens is 1. The minimum Gasteiger partial charge on any atom is -0.371 e. The lowest BCUT2D eigenvalue weighted by Crippen LogP contribution is -2.57. The third kappa shape index (κ3) is 2.44. The second-order valence-electron chi connectivity index (χ2n) is 8.11. The quantitative estimate of drug-likeness (QED) is 0.799. The van der Waals surface area contributed by atoms with Crippen LogP contribution in [-0.4, -0.2) is 30.5 Å². The van der Waals surface area contributed by atoms with Crippen molar-refractivity contribution in [2.45, 2.75) is 51.6 Å². The first kappa shape index (κ1) is 15.7. The highest BCUT2D eigenvalue weighted by atomic mass is 16.5. The smallest absolute Gasteiger partial charge is 0.145 e. The van der Waals surface area contributed by atoms with Crippen molar-refractivity contribution < 1.29 is 9.26 Å². The zero-order chi connectivity index (χ0) is 16.9. The molecule has 4 heteroatoms. The maximum Gasteiger partial charge on any atom is 0.145 e. The molecule has 1 atom stereocenters. The van der Waals surface area contributed by atoms with E-state index < -0.39 is 0 Å². The molecule has 128 valence electrons. The van der Waals surface area contributed by atoms with Gasteiger partial charge in [0.1, 0.15) is 5.76 Å². The second-order valence-corrected chi connectivity index (χ2v) is 8.11. The fourth-order valence-electron chi connectivity index (χ4n) is 4.79. The second kappa shape index (κ2) is 5.35. The highest BCUT2D eigenvalue weighted by Gasteiger charge is 2.48. The molecule has 0 bridgehead atoms. The van der Waals surface area contributed by atoms with Crippen LogP contribution in [0.1, 0.15) is 42.7 Å². The van der Waals surface area contributed by atoms with Crippen molar-refractivity contribution >= 4 is 5.69 Å². The number of nitrogens with zero attached hydrogens (tertiary/aromatic N) is 2. The third-order valence-corrected chi connectivity index (χ3v) is 5.54. The summed E-state index contributed by atoms with van der Waals surface area (Å²) in [5.41, 5.74) is 5.05. The molecule has 1 aromatic heterocycles. The molecule has 1 spiro atoms. The van der Waals surface area contributed by atoms with E-state index in [-0.39, 0.29) is 11.0 Å². The molecule has 0 saturated carbocycles. The summed E-state index contributed by atoms with van der Waals surface area (Å²) in [7, 11) is 0. The van der Waals surface area contributed by atoms with Crippen LogP contribution in [0.15, 0.2) is 28.9 Å². The van der Waals surface area contributed by atoms with Crippen molar-refractivity contribution in [1.29, 1.82) is 0 Å². The summed E-state index contributed by atoms with van der Waals surface area (Å²) in [5, 5.41) is 4.04. The molecule has 1 fully saturated rings. The summed E-state index contributed by atoms with van der Waals surface area (Å²) in [5.74, 6) is 1.03. The molecule has 1 aromatic carbocycles. The summed E-state index contributed by atoms with van der Waals surface area (Å²) < 4.78 is 11.9. The molecule has 1 saturated heterocycles. The molecule has 0 N–H and O–H groups in total. The minimum atomic E-state index is -0.158. The van der Waals surface area contributed by atoms with Crippen LogP contribution in [0.25, 0.3) is 0 Å². The number of hydrogen-bond acceptors (Lipinski definition) is 4. The van der Waals surface area contributed by atoms with Crippen LogP contribution in [-0.2, 0) is 16.6 Å². The maximum atomic E-state index is 6.39. The molecular formula is C20H26N2O2. The summed E-state index contributed by atoms with van der Waals surface area (Å²) in [6.45, 7) is 11.5. The molecule has 4 nitrogen and oxygen atoms in total. The normalized spacial score (nSPS) is 25.8. The van der Waals surface area contributed by atoms with Crippen molar-refractivity contribution in [2.24, 2.45) is 0 Å². The lowest BCUT2D eigenvalue weighted by atomic mass is 9.69. The summed E-state index contributed by atoms with van der Waals surface area (Å²) in [6, 6.07) is 6.54. The monoisotopic (exact) mass is 326 g/mol. The van der Waals surface area contributed by atoms with Crippen molar-refractivity contribution in [3.05, 3.63) is 46.8 Å². The van der Waals surface area contributed by atoms with E-state index in [0.717, 1.165) is 38.3 Å². The Labute approximate surface area is 143 Å². The number of rotatable bonds is 1. The number of ether oxygens (including phenoxy) is 1. The lowest BCUT2D eigenvalue weighted by molar-refractivity contribution is -0.0799. The van der Waals surface area contributed by atoms with E-state index in [1.54, 1.807) is 0 Å². The molecule has 2 aliphatic rings. The topological polar surface area (TPSA) is 38.5 Å². The number of fused-ring (bicyclic) bond motifs is 1. The van der Waals surface area contributed by atoms with Gasteiger partial charge in [0.25, 0.3) is 0 Å². The minimum absolute atomic E-state index is 0.0477. The first-order chi connectivity index (χ1) is 11.4. The van der Waals surface area contributed by atoms with Gasteiger partial charge in [0.2, 0.25) is 0 Å². The molecule has 1 aliphatic carbocycles. The Kier molecular flexibility index (Phi) is 3.50. The van der Waals surface area contributed by atoms with Gasteiger partial charge in [0.05, 0.1) is 18.4 Å². The SMILES string of the molecule is Cc1cccc(C)c1N1CCOC2(Cc3cnoc3C(C)(C)C2)C1. The molecule has 0 radical (unpaired) electrons. The van der Waals surface area contributed by atoms with E-state index >= 15 is 0 Å². The predicted octanol–water partition coefficient (Wildman–Crippen LogP) is 3.79.